The molecule has 0 unspecified atom stereocenters. The van der Waals surface area contributed by atoms with Crippen LogP contribution in [0.2, 0.25) is 10.0 Å². The minimum Gasteiger partial charge on any atom is -0.477 e. The maximum Gasteiger partial charge on any atom is 0.352 e. The van der Waals surface area contributed by atoms with E-state index in [1.54, 1.807) is 0 Å². The molecule has 0 saturated heterocycles. The molecule has 1 aromatic rings. The normalized spacial score (nSPS) is 15.3. The first-order valence-electron chi connectivity index (χ1n) is 5.21. The lowest BCUT2D eigenvalue weighted by Gasteiger charge is -2.15. The van der Waals surface area contributed by atoms with Gasteiger partial charge in [-0.1, -0.05) is 23.2 Å². The number of aliphatic carboxylic acids is 1. The lowest BCUT2D eigenvalue weighted by molar-refractivity contribution is -0.129. The molecule has 1 aliphatic rings. The fourth-order valence-corrected chi connectivity index (χ4v) is 2.99. The Kier molecular flexibility index (Phi) is 3.93. The third-order valence-corrected chi connectivity index (χ3v) is 4.12. The van der Waals surface area contributed by atoms with E-state index in [1.165, 1.54) is 0 Å². The van der Waals surface area contributed by atoms with Gasteiger partial charge < -0.3 is 5.11 Å². The number of hydrazone groups is 1. The summed E-state index contributed by atoms with van der Waals surface area (Å²) < 4.78 is 31.5. The number of amides is 1. The van der Waals surface area contributed by atoms with Crippen LogP contribution >= 0.6 is 23.2 Å². The molecule has 2 rings (SSSR count). The van der Waals surface area contributed by atoms with Crippen molar-refractivity contribution in [3.63, 3.8) is 0 Å². The fraction of sp³-hybridized carbons (Fsp3) is 0.100. The molecular weight excluding hydrogens is 347 g/mol. The van der Waals surface area contributed by atoms with Crippen LogP contribution in [-0.2, 0) is 19.7 Å². The number of anilines is 1. The van der Waals surface area contributed by atoms with Gasteiger partial charge in [-0.15, -0.1) is 0 Å². The summed E-state index contributed by atoms with van der Waals surface area (Å²) in [7, 11) is -4.67. The molecule has 112 valence electrons. The van der Waals surface area contributed by atoms with Crippen LogP contribution < -0.4 is 5.01 Å². The second kappa shape index (κ2) is 5.26. The van der Waals surface area contributed by atoms with E-state index < -0.39 is 44.0 Å². The zero-order valence-corrected chi connectivity index (χ0v) is 12.3. The first-order chi connectivity index (χ1) is 9.61. The van der Waals surface area contributed by atoms with Crippen molar-refractivity contribution >= 4 is 56.6 Å². The van der Waals surface area contributed by atoms with Gasteiger partial charge in [0.25, 0.3) is 16.0 Å². The molecule has 1 heterocycles. The zero-order chi connectivity index (χ0) is 15.9. The summed E-state index contributed by atoms with van der Waals surface area (Å²) in [6.07, 6.45) is -0.473. The summed E-state index contributed by atoms with van der Waals surface area (Å²) in [4.78, 5) is 21.8. The highest BCUT2D eigenvalue weighted by Crippen LogP contribution is 2.37. The van der Waals surface area contributed by atoms with Crippen LogP contribution in [0.5, 0.6) is 0 Å². The van der Waals surface area contributed by atoms with Crippen LogP contribution in [-0.4, -0.2) is 35.7 Å². The molecule has 0 saturated carbocycles. The number of halogens is 2. The molecule has 0 radical (unpaired) electrons. The van der Waals surface area contributed by atoms with Gasteiger partial charge >= 0.3 is 5.97 Å². The number of hydrogen-bond donors (Lipinski definition) is 2. The topological polar surface area (TPSA) is 124 Å². The van der Waals surface area contributed by atoms with Crippen molar-refractivity contribution in [2.75, 3.05) is 5.01 Å². The predicted molar refractivity (Wildman–Crippen MR) is 73.5 cm³/mol. The monoisotopic (exact) mass is 352 g/mol. The van der Waals surface area contributed by atoms with Gasteiger partial charge in [0.05, 0.1) is 17.1 Å². The Bertz CT molecular complexity index is 789. The Labute approximate surface area is 128 Å². The zero-order valence-electron chi connectivity index (χ0n) is 9.95. The SMILES string of the molecule is O=C(O)C1=NN(c2cc(Cl)cc(S(=O)(=O)O)c2Cl)C(=O)C1. The van der Waals surface area contributed by atoms with Gasteiger partial charge in [-0.05, 0) is 12.1 Å². The Morgan fingerprint density at radius 2 is 1.95 bits per heavy atom. The number of hydrogen-bond acceptors (Lipinski definition) is 5. The van der Waals surface area contributed by atoms with Crippen LogP contribution in [0.25, 0.3) is 0 Å². The molecule has 0 atom stereocenters. The van der Waals surface area contributed by atoms with Crippen molar-refractivity contribution in [3.8, 4) is 0 Å². The predicted octanol–water partition coefficient (Wildman–Crippen LogP) is 1.42. The largest absolute Gasteiger partial charge is 0.477 e. The van der Waals surface area contributed by atoms with Crippen LogP contribution in [0.4, 0.5) is 5.69 Å². The number of carboxylic acids is 1. The molecular formula is C10H6Cl2N2O6S. The maximum absolute atomic E-state index is 11.7. The summed E-state index contributed by atoms with van der Waals surface area (Å²) in [6.45, 7) is 0. The minimum absolute atomic E-state index is 0.131. The smallest absolute Gasteiger partial charge is 0.352 e. The van der Waals surface area contributed by atoms with Gasteiger partial charge in [0, 0.05) is 5.02 Å². The fourth-order valence-electron chi connectivity index (χ4n) is 1.63. The number of nitrogens with zero attached hydrogens (tertiary/aromatic N) is 2. The standard InChI is InChI=1S/C10H6Cl2N2O6S/c11-4-1-6(9(12)7(2-4)21(18,19)20)14-8(15)3-5(13-14)10(16)17/h1-2H,3H2,(H,16,17)(H,18,19,20). The van der Waals surface area contributed by atoms with Crippen molar-refractivity contribution < 1.29 is 27.7 Å². The molecule has 2 N–H and O–H groups in total. The molecule has 0 aromatic heterocycles. The summed E-state index contributed by atoms with van der Waals surface area (Å²) in [6, 6.07) is 2.02. The van der Waals surface area contributed by atoms with E-state index in [4.69, 9.17) is 32.9 Å². The van der Waals surface area contributed by atoms with E-state index in [2.05, 4.69) is 5.10 Å². The van der Waals surface area contributed by atoms with E-state index in [1.807, 2.05) is 0 Å². The molecule has 1 aromatic carbocycles. The van der Waals surface area contributed by atoms with Gasteiger partial charge in [-0.25, -0.2) is 4.79 Å². The molecule has 21 heavy (non-hydrogen) atoms. The first kappa shape index (κ1) is 15.7. The maximum atomic E-state index is 11.7. The van der Waals surface area contributed by atoms with Gasteiger partial charge in [0.1, 0.15) is 4.90 Å². The molecule has 1 aliphatic heterocycles. The van der Waals surface area contributed by atoms with Gasteiger partial charge in [0.15, 0.2) is 5.71 Å². The third kappa shape index (κ3) is 3.00. The highest BCUT2D eigenvalue weighted by atomic mass is 35.5. The number of carbonyl (C=O) groups excluding carboxylic acids is 1. The summed E-state index contributed by atoms with van der Waals surface area (Å²) in [5.41, 5.74) is -0.664. The molecule has 0 bridgehead atoms. The van der Waals surface area contributed by atoms with Crippen molar-refractivity contribution in [1.29, 1.82) is 0 Å². The second-order valence-corrected chi connectivity index (χ2v) is 6.15. The van der Waals surface area contributed by atoms with E-state index in [9.17, 15) is 18.0 Å². The quantitative estimate of drug-likeness (QED) is 0.792. The molecule has 11 heteroatoms. The van der Waals surface area contributed by atoms with Crippen molar-refractivity contribution in [2.24, 2.45) is 5.10 Å². The Hall–Kier alpha value is -1.68. The van der Waals surface area contributed by atoms with Crippen LogP contribution in [0, 0.1) is 0 Å². The number of carbonyl (C=O) groups is 2. The lowest BCUT2D eigenvalue weighted by atomic mass is 10.2. The third-order valence-electron chi connectivity index (χ3n) is 2.51. The molecule has 0 spiro atoms. The Morgan fingerprint density at radius 1 is 1.33 bits per heavy atom. The van der Waals surface area contributed by atoms with Gasteiger partial charge in [-0.3, -0.25) is 9.35 Å². The number of carboxylic acid groups (broad SMARTS) is 1. The van der Waals surface area contributed by atoms with E-state index in [-0.39, 0.29) is 10.7 Å². The second-order valence-electron chi connectivity index (χ2n) is 3.95. The van der Waals surface area contributed by atoms with Gasteiger partial charge in [-0.2, -0.15) is 18.5 Å². The summed E-state index contributed by atoms with van der Waals surface area (Å²) in [5.74, 6) is -2.11. The average Bonchev–Trinajstić information content (AvgIpc) is 2.72. The van der Waals surface area contributed by atoms with Crippen molar-refractivity contribution in [3.05, 3.63) is 22.2 Å². The van der Waals surface area contributed by atoms with E-state index in [0.717, 1.165) is 12.1 Å². The van der Waals surface area contributed by atoms with E-state index in [0.29, 0.717) is 5.01 Å². The summed E-state index contributed by atoms with van der Waals surface area (Å²) >= 11 is 11.5. The van der Waals surface area contributed by atoms with E-state index >= 15 is 0 Å². The van der Waals surface area contributed by atoms with Gasteiger partial charge in [0.2, 0.25) is 0 Å². The van der Waals surface area contributed by atoms with Crippen molar-refractivity contribution in [1.82, 2.24) is 0 Å². The molecule has 8 nitrogen and oxygen atoms in total. The molecule has 1 amide bonds. The van der Waals surface area contributed by atoms with Crippen LogP contribution in [0.1, 0.15) is 6.42 Å². The molecule has 0 aliphatic carbocycles. The number of benzene rings is 1. The lowest BCUT2D eigenvalue weighted by Crippen LogP contribution is -2.20. The minimum atomic E-state index is -4.67. The highest BCUT2D eigenvalue weighted by molar-refractivity contribution is 7.86. The Morgan fingerprint density at radius 3 is 2.43 bits per heavy atom. The number of rotatable bonds is 3. The highest BCUT2D eigenvalue weighted by Gasteiger charge is 2.32. The van der Waals surface area contributed by atoms with Crippen molar-refractivity contribution in [2.45, 2.75) is 11.3 Å². The first-order valence-corrected chi connectivity index (χ1v) is 7.41. The van der Waals surface area contributed by atoms with Crippen LogP contribution in [0.3, 0.4) is 0 Å². The average molecular weight is 353 g/mol. The Balaban J connectivity index is 2.63. The summed E-state index contributed by atoms with van der Waals surface area (Å²) in [5, 5.41) is 12.3. The van der Waals surface area contributed by atoms with Crippen LogP contribution in [0.15, 0.2) is 22.1 Å². The molecule has 0 fully saturated rings.